The minimum atomic E-state index is 0.0204. The quantitative estimate of drug-likeness (QED) is 0.448. The number of methoxy groups -OCH3 is 2. The van der Waals surface area contributed by atoms with Crippen molar-refractivity contribution in [3.8, 4) is 22.9 Å². The molecule has 5 rings (SSSR count). The van der Waals surface area contributed by atoms with Gasteiger partial charge in [0.1, 0.15) is 5.82 Å². The smallest absolute Gasteiger partial charge is 0.320 e. The van der Waals surface area contributed by atoms with Gasteiger partial charge in [-0.25, -0.2) is 24.3 Å². The summed E-state index contributed by atoms with van der Waals surface area (Å²) in [5.74, 6) is 2.20. The second-order valence-electron chi connectivity index (χ2n) is 7.85. The normalized spacial score (nSPS) is 13.6. The van der Waals surface area contributed by atoms with Crippen LogP contribution in [0.3, 0.4) is 0 Å². The number of urea groups is 1. The highest BCUT2D eigenvalue weighted by Crippen LogP contribution is 2.29. The van der Waals surface area contributed by atoms with E-state index in [1.807, 2.05) is 42.6 Å². The van der Waals surface area contributed by atoms with Crippen LogP contribution >= 0.6 is 0 Å². The van der Waals surface area contributed by atoms with Crippen LogP contribution in [-0.4, -0.2) is 74.8 Å². The molecule has 4 aromatic rings. The van der Waals surface area contributed by atoms with Gasteiger partial charge >= 0.3 is 6.03 Å². The third kappa shape index (κ3) is 4.15. The van der Waals surface area contributed by atoms with Gasteiger partial charge in [0, 0.05) is 44.2 Å². The topological polar surface area (TPSA) is 110 Å². The van der Waals surface area contributed by atoms with Gasteiger partial charge in [-0.15, -0.1) is 5.10 Å². The van der Waals surface area contributed by atoms with E-state index in [-0.39, 0.29) is 6.03 Å². The van der Waals surface area contributed by atoms with Crippen LogP contribution in [0.2, 0.25) is 0 Å². The summed E-state index contributed by atoms with van der Waals surface area (Å²) in [6.45, 7) is 1.89. The molecule has 174 valence electrons. The second kappa shape index (κ2) is 8.85. The molecule has 0 radical (unpaired) electrons. The SMILES string of the molecule is COc1cc(-c2ccn3nc(Nc4cccc(CN5CCN(C)C5=O)n4)cc3n2)cnc1OC. The first-order valence-electron chi connectivity index (χ1n) is 10.7. The van der Waals surface area contributed by atoms with E-state index in [1.54, 1.807) is 41.8 Å². The number of fused-ring (bicyclic) bond motifs is 1. The Kier molecular flexibility index (Phi) is 5.58. The Bertz CT molecular complexity index is 1360. The largest absolute Gasteiger partial charge is 0.491 e. The Morgan fingerprint density at radius 3 is 2.71 bits per heavy atom. The third-order valence-electron chi connectivity index (χ3n) is 5.57. The average Bonchev–Trinajstić information content (AvgIpc) is 3.40. The molecule has 1 aliphatic rings. The van der Waals surface area contributed by atoms with E-state index in [2.05, 4.69) is 20.4 Å². The van der Waals surface area contributed by atoms with E-state index >= 15 is 0 Å². The number of ether oxygens (including phenoxy) is 2. The van der Waals surface area contributed by atoms with Crippen LogP contribution in [0, 0.1) is 0 Å². The van der Waals surface area contributed by atoms with E-state index in [9.17, 15) is 4.79 Å². The monoisotopic (exact) mass is 460 g/mol. The molecule has 5 heterocycles. The first-order valence-corrected chi connectivity index (χ1v) is 10.7. The number of carbonyl (C=O) groups excluding carboxylic acids is 1. The lowest BCUT2D eigenvalue weighted by atomic mass is 10.2. The summed E-state index contributed by atoms with van der Waals surface area (Å²) in [5, 5.41) is 7.76. The average molecular weight is 460 g/mol. The van der Waals surface area contributed by atoms with Gasteiger partial charge in [-0.05, 0) is 24.3 Å². The lowest BCUT2D eigenvalue weighted by molar-refractivity contribution is 0.196. The van der Waals surface area contributed by atoms with E-state index in [0.717, 1.165) is 23.5 Å². The number of carbonyl (C=O) groups is 1. The molecule has 0 saturated carbocycles. The fourth-order valence-corrected chi connectivity index (χ4v) is 3.79. The number of nitrogens with one attached hydrogen (secondary N) is 1. The maximum absolute atomic E-state index is 12.2. The van der Waals surface area contributed by atoms with Crippen LogP contribution in [-0.2, 0) is 6.54 Å². The van der Waals surface area contributed by atoms with Crippen LogP contribution < -0.4 is 14.8 Å². The van der Waals surface area contributed by atoms with Gasteiger partial charge in [0.15, 0.2) is 17.2 Å². The van der Waals surface area contributed by atoms with E-state index in [4.69, 9.17) is 14.5 Å². The Labute approximate surface area is 196 Å². The van der Waals surface area contributed by atoms with Gasteiger partial charge in [0.25, 0.3) is 5.88 Å². The van der Waals surface area contributed by atoms with Crippen molar-refractivity contribution in [2.75, 3.05) is 39.7 Å². The minimum absolute atomic E-state index is 0.0204. The molecule has 0 spiro atoms. The van der Waals surface area contributed by atoms with Crippen LogP contribution in [0.4, 0.5) is 16.4 Å². The number of anilines is 2. The highest BCUT2D eigenvalue weighted by Gasteiger charge is 2.25. The number of amides is 2. The molecule has 2 amide bonds. The first-order chi connectivity index (χ1) is 16.5. The summed E-state index contributed by atoms with van der Waals surface area (Å²) >= 11 is 0. The van der Waals surface area contributed by atoms with Crippen molar-refractivity contribution in [1.82, 2.24) is 34.4 Å². The van der Waals surface area contributed by atoms with Crippen molar-refractivity contribution in [2.24, 2.45) is 0 Å². The molecule has 0 aromatic carbocycles. The number of nitrogens with zero attached hydrogens (tertiary/aromatic N) is 7. The van der Waals surface area contributed by atoms with Crippen molar-refractivity contribution >= 4 is 23.3 Å². The third-order valence-corrected chi connectivity index (χ3v) is 5.57. The highest BCUT2D eigenvalue weighted by molar-refractivity contribution is 5.76. The molecule has 1 aliphatic heterocycles. The Hall–Kier alpha value is -4.41. The van der Waals surface area contributed by atoms with E-state index in [1.165, 1.54) is 0 Å². The predicted octanol–water partition coefficient (Wildman–Crippen LogP) is 2.81. The van der Waals surface area contributed by atoms with Gasteiger partial charge in [-0.1, -0.05) is 6.07 Å². The Morgan fingerprint density at radius 1 is 1.06 bits per heavy atom. The van der Waals surface area contributed by atoms with E-state index in [0.29, 0.717) is 42.0 Å². The molecular formula is C23H24N8O3. The molecule has 11 nitrogen and oxygen atoms in total. The van der Waals surface area contributed by atoms with Crippen molar-refractivity contribution in [2.45, 2.75) is 6.54 Å². The highest BCUT2D eigenvalue weighted by atomic mass is 16.5. The number of likely N-dealkylation sites (N-methyl/N-ethyl adjacent to an activating group) is 1. The standard InChI is InChI=1S/C23H24N8O3/c1-29-9-10-30(23(29)32)14-16-5-4-6-19(25-16)27-20-12-21-26-17(7-8-31(21)28-20)15-11-18(33-2)22(34-3)24-13-15/h4-8,11-13H,9-10,14H2,1-3H3,(H,25,27,28). The molecule has 0 aliphatic carbocycles. The molecule has 0 bridgehead atoms. The van der Waals surface area contributed by atoms with Crippen LogP contribution in [0.5, 0.6) is 11.6 Å². The second-order valence-corrected chi connectivity index (χ2v) is 7.85. The number of aromatic nitrogens is 5. The van der Waals surface area contributed by atoms with Crippen molar-refractivity contribution < 1.29 is 14.3 Å². The van der Waals surface area contributed by atoms with Gasteiger partial charge < -0.3 is 24.6 Å². The summed E-state index contributed by atoms with van der Waals surface area (Å²) in [6, 6.07) is 11.2. The maximum atomic E-state index is 12.2. The number of pyridine rings is 2. The van der Waals surface area contributed by atoms with Crippen molar-refractivity contribution in [1.29, 1.82) is 0 Å². The fraction of sp³-hybridized carbons (Fsp3) is 0.261. The number of hydrogen-bond donors (Lipinski definition) is 1. The molecule has 1 N–H and O–H groups in total. The zero-order valence-corrected chi connectivity index (χ0v) is 19.1. The van der Waals surface area contributed by atoms with Crippen molar-refractivity contribution in [3.63, 3.8) is 0 Å². The van der Waals surface area contributed by atoms with Crippen LogP contribution in [0.25, 0.3) is 16.9 Å². The fourth-order valence-electron chi connectivity index (χ4n) is 3.79. The lowest BCUT2D eigenvalue weighted by Gasteiger charge is -2.15. The molecule has 1 fully saturated rings. The maximum Gasteiger partial charge on any atom is 0.320 e. The molecule has 1 saturated heterocycles. The Morgan fingerprint density at radius 2 is 1.94 bits per heavy atom. The Balaban J connectivity index is 1.35. The van der Waals surface area contributed by atoms with E-state index < -0.39 is 0 Å². The molecule has 0 unspecified atom stereocenters. The summed E-state index contributed by atoms with van der Waals surface area (Å²) in [6.07, 6.45) is 3.52. The van der Waals surface area contributed by atoms with Crippen molar-refractivity contribution in [3.05, 3.63) is 54.5 Å². The predicted molar refractivity (Wildman–Crippen MR) is 125 cm³/mol. The molecular weight excluding hydrogens is 436 g/mol. The zero-order valence-electron chi connectivity index (χ0n) is 19.1. The zero-order chi connectivity index (χ0) is 23.7. The lowest BCUT2D eigenvalue weighted by Crippen LogP contribution is -2.29. The van der Waals surface area contributed by atoms with Gasteiger partial charge in [-0.2, -0.15) is 0 Å². The number of rotatable bonds is 7. The number of hydrogen-bond acceptors (Lipinski definition) is 8. The van der Waals surface area contributed by atoms with Gasteiger partial charge in [0.2, 0.25) is 0 Å². The summed E-state index contributed by atoms with van der Waals surface area (Å²) in [5.41, 5.74) is 3.00. The van der Waals surface area contributed by atoms with Crippen LogP contribution in [0.1, 0.15) is 5.69 Å². The summed E-state index contributed by atoms with van der Waals surface area (Å²) in [4.78, 5) is 29.3. The summed E-state index contributed by atoms with van der Waals surface area (Å²) in [7, 11) is 4.92. The van der Waals surface area contributed by atoms with Crippen LogP contribution in [0.15, 0.2) is 48.8 Å². The molecule has 4 aromatic heterocycles. The molecule has 0 atom stereocenters. The minimum Gasteiger partial charge on any atom is -0.491 e. The molecule has 11 heteroatoms. The molecule has 34 heavy (non-hydrogen) atoms. The van der Waals surface area contributed by atoms with Gasteiger partial charge in [-0.3, -0.25) is 0 Å². The van der Waals surface area contributed by atoms with Gasteiger partial charge in [0.05, 0.1) is 32.2 Å². The first kappa shape index (κ1) is 21.4. The summed E-state index contributed by atoms with van der Waals surface area (Å²) < 4.78 is 12.2.